The monoisotopic (exact) mass is 425 g/mol. The van der Waals surface area contributed by atoms with E-state index in [2.05, 4.69) is 10.6 Å². The molecule has 0 radical (unpaired) electrons. The fourth-order valence-corrected chi connectivity index (χ4v) is 5.27. The van der Waals surface area contributed by atoms with Gasteiger partial charge in [-0.25, -0.2) is 8.78 Å². The van der Waals surface area contributed by atoms with Gasteiger partial charge in [-0.2, -0.15) is 0 Å². The van der Waals surface area contributed by atoms with Crippen molar-refractivity contribution >= 4 is 23.4 Å². The van der Waals surface area contributed by atoms with Crippen LogP contribution in [0.5, 0.6) is 0 Å². The van der Waals surface area contributed by atoms with Crippen molar-refractivity contribution in [2.24, 2.45) is 17.8 Å². The molecule has 1 spiro atoms. The number of anilines is 1. The molecule has 2 aromatic carbocycles. The normalized spacial score (nSPS) is 29.1. The molecular weight excluding hydrogens is 404 g/mol. The highest BCUT2D eigenvalue weighted by Gasteiger charge is 2.70. The van der Waals surface area contributed by atoms with Crippen molar-refractivity contribution in [1.82, 2.24) is 10.2 Å². The van der Waals surface area contributed by atoms with E-state index in [9.17, 15) is 23.2 Å². The zero-order chi connectivity index (χ0) is 22.1. The van der Waals surface area contributed by atoms with Crippen molar-refractivity contribution < 1.29 is 23.2 Å². The van der Waals surface area contributed by atoms with Crippen molar-refractivity contribution in [2.75, 3.05) is 5.32 Å². The maximum Gasteiger partial charge on any atom is 0.250 e. The number of carbonyl (C=O) groups is 3. The molecule has 3 heterocycles. The molecule has 3 aliphatic heterocycles. The predicted octanol–water partition coefficient (Wildman–Crippen LogP) is 2.54. The summed E-state index contributed by atoms with van der Waals surface area (Å²) in [5, 5.41) is 6.00. The molecule has 2 saturated heterocycles. The van der Waals surface area contributed by atoms with Gasteiger partial charge in [0.15, 0.2) is 0 Å². The Morgan fingerprint density at radius 1 is 1.00 bits per heavy atom. The van der Waals surface area contributed by atoms with Crippen LogP contribution in [0.3, 0.4) is 0 Å². The van der Waals surface area contributed by atoms with Crippen LogP contribution in [0.15, 0.2) is 42.5 Å². The minimum absolute atomic E-state index is 0.0104. The number of amides is 3. The molecule has 8 heteroatoms. The Kier molecular flexibility index (Phi) is 4.27. The molecule has 3 amide bonds. The quantitative estimate of drug-likeness (QED) is 0.741. The van der Waals surface area contributed by atoms with Gasteiger partial charge in [0, 0.05) is 17.3 Å². The van der Waals surface area contributed by atoms with Crippen LogP contribution in [-0.2, 0) is 26.5 Å². The van der Waals surface area contributed by atoms with Crippen LogP contribution in [0.2, 0.25) is 0 Å². The highest BCUT2D eigenvalue weighted by molar-refractivity contribution is 6.15. The van der Waals surface area contributed by atoms with E-state index in [0.717, 1.165) is 4.90 Å². The van der Waals surface area contributed by atoms with Crippen molar-refractivity contribution in [2.45, 2.75) is 32.0 Å². The molecule has 2 aromatic rings. The summed E-state index contributed by atoms with van der Waals surface area (Å²) in [6.45, 7) is 3.81. The van der Waals surface area contributed by atoms with Gasteiger partial charge in [-0.3, -0.25) is 24.6 Å². The molecule has 0 saturated carbocycles. The van der Waals surface area contributed by atoms with Gasteiger partial charge in [-0.15, -0.1) is 0 Å². The molecule has 31 heavy (non-hydrogen) atoms. The Bertz CT molecular complexity index is 1120. The van der Waals surface area contributed by atoms with E-state index in [1.54, 1.807) is 0 Å². The number of imide groups is 1. The molecule has 5 rings (SSSR count). The summed E-state index contributed by atoms with van der Waals surface area (Å²) in [6.07, 6.45) is 0. The topological polar surface area (TPSA) is 78.5 Å². The SMILES string of the molecule is CC(C)[C@H]1N[C@]2(C(=O)Nc3ccc(F)cc32)[C@@H]2C(=O)N(Cc3ccc(F)cc3)C(=O)[C@H]12. The first-order chi connectivity index (χ1) is 14.7. The summed E-state index contributed by atoms with van der Waals surface area (Å²) in [4.78, 5) is 41.3. The van der Waals surface area contributed by atoms with Crippen LogP contribution < -0.4 is 10.6 Å². The molecule has 3 aliphatic rings. The summed E-state index contributed by atoms with van der Waals surface area (Å²) in [6, 6.07) is 9.09. The van der Waals surface area contributed by atoms with Crippen molar-refractivity contribution in [3.8, 4) is 0 Å². The lowest BCUT2D eigenvalue weighted by atomic mass is 9.76. The van der Waals surface area contributed by atoms with E-state index in [-0.39, 0.29) is 18.4 Å². The second kappa shape index (κ2) is 6.68. The zero-order valence-corrected chi connectivity index (χ0v) is 17.0. The van der Waals surface area contributed by atoms with Gasteiger partial charge < -0.3 is 5.32 Å². The van der Waals surface area contributed by atoms with E-state index in [0.29, 0.717) is 16.8 Å². The lowest BCUT2D eigenvalue weighted by molar-refractivity contribution is -0.143. The molecule has 0 aliphatic carbocycles. The van der Waals surface area contributed by atoms with Crippen molar-refractivity contribution in [1.29, 1.82) is 0 Å². The number of hydrogen-bond donors (Lipinski definition) is 2. The number of rotatable bonds is 3. The van der Waals surface area contributed by atoms with Crippen LogP contribution in [0.4, 0.5) is 14.5 Å². The molecule has 2 N–H and O–H groups in total. The first kappa shape index (κ1) is 19.8. The number of halogens is 2. The maximum absolute atomic E-state index is 14.1. The Morgan fingerprint density at radius 2 is 1.68 bits per heavy atom. The second-order valence-corrected chi connectivity index (χ2v) is 8.76. The lowest BCUT2D eigenvalue weighted by Gasteiger charge is -2.30. The largest absolute Gasteiger partial charge is 0.324 e. The Balaban J connectivity index is 1.61. The molecule has 6 nitrogen and oxygen atoms in total. The maximum atomic E-state index is 14.1. The smallest absolute Gasteiger partial charge is 0.250 e. The number of hydrogen-bond acceptors (Lipinski definition) is 4. The fraction of sp³-hybridized carbons (Fsp3) is 0.348. The van der Waals surface area contributed by atoms with Gasteiger partial charge in [0.2, 0.25) is 17.7 Å². The van der Waals surface area contributed by atoms with Crippen LogP contribution in [0, 0.1) is 29.4 Å². The first-order valence-electron chi connectivity index (χ1n) is 10.2. The van der Waals surface area contributed by atoms with Gasteiger partial charge in [-0.05, 0) is 41.8 Å². The highest BCUT2D eigenvalue weighted by atomic mass is 19.1. The fourth-order valence-electron chi connectivity index (χ4n) is 5.27. The van der Waals surface area contributed by atoms with Crippen molar-refractivity contribution in [3.63, 3.8) is 0 Å². The first-order valence-corrected chi connectivity index (χ1v) is 10.2. The van der Waals surface area contributed by atoms with Crippen LogP contribution in [0.1, 0.15) is 25.0 Å². The number of nitrogens with zero attached hydrogens (tertiary/aromatic N) is 1. The van der Waals surface area contributed by atoms with E-state index in [4.69, 9.17) is 0 Å². The molecule has 0 unspecified atom stereocenters. The summed E-state index contributed by atoms with van der Waals surface area (Å²) >= 11 is 0. The van der Waals surface area contributed by atoms with E-state index >= 15 is 0 Å². The third-order valence-corrected chi connectivity index (χ3v) is 6.68. The summed E-state index contributed by atoms with van der Waals surface area (Å²) in [7, 11) is 0. The lowest BCUT2D eigenvalue weighted by Crippen LogP contribution is -2.53. The Morgan fingerprint density at radius 3 is 2.35 bits per heavy atom. The Hall–Kier alpha value is -3.13. The van der Waals surface area contributed by atoms with Gasteiger partial charge >= 0.3 is 0 Å². The molecule has 0 aromatic heterocycles. The van der Waals surface area contributed by atoms with Crippen LogP contribution in [-0.4, -0.2) is 28.7 Å². The summed E-state index contributed by atoms with van der Waals surface area (Å²) < 4.78 is 27.4. The van der Waals surface area contributed by atoms with Crippen LogP contribution >= 0.6 is 0 Å². The number of nitrogens with one attached hydrogen (secondary N) is 2. The molecule has 2 fully saturated rings. The average Bonchev–Trinajstić information content (AvgIpc) is 3.31. The molecular formula is C23H21F2N3O3. The van der Waals surface area contributed by atoms with Crippen LogP contribution in [0.25, 0.3) is 0 Å². The van der Waals surface area contributed by atoms with E-state index < -0.39 is 46.9 Å². The highest BCUT2D eigenvalue weighted by Crippen LogP contribution is 2.54. The van der Waals surface area contributed by atoms with E-state index in [1.165, 1.54) is 42.5 Å². The van der Waals surface area contributed by atoms with Gasteiger partial charge in [-0.1, -0.05) is 26.0 Å². The molecule has 160 valence electrons. The zero-order valence-electron chi connectivity index (χ0n) is 17.0. The standard InChI is InChI=1S/C23H21F2N3O3/c1-11(2)19-17-18(21(30)28(20(17)29)10-12-3-5-13(24)6-4-12)23(27-19)15-9-14(25)7-8-16(15)26-22(23)31/h3-9,11,17-19,27H,10H2,1-2H3,(H,26,31)/t17-,18-,19+,23-/m0/s1. The number of likely N-dealkylation sites (tertiary alicyclic amines) is 1. The minimum Gasteiger partial charge on any atom is -0.324 e. The van der Waals surface area contributed by atoms with Gasteiger partial charge in [0.25, 0.3) is 0 Å². The summed E-state index contributed by atoms with van der Waals surface area (Å²) in [5.41, 5.74) is -0.130. The minimum atomic E-state index is -1.51. The van der Waals surface area contributed by atoms with Crippen molar-refractivity contribution in [3.05, 3.63) is 65.2 Å². The average molecular weight is 425 g/mol. The third-order valence-electron chi connectivity index (χ3n) is 6.68. The van der Waals surface area contributed by atoms with Gasteiger partial charge in [0.05, 0.1) is 18.4 Å². The second-order valence-electron chi connectivity index (χ2n) is 8.76. The summed E-state index contributed by atoms with van der Waals surface area (Å²) in [5.74, 6) is -4.06. The Labute approximate surface area is 177 Å². The van der Waals surface area contributed by atoms with E-state index in [1.807, 2.05) is 13.8 Å². The molecule has 0 bridgehead atoms. The van der Waals surface area contributed by atoms with Gasteiger partial charge in [0.1, 0.15) is 17.2 Å². The number of benzene rings is 2. The molecule has 4 atom stereocenters. The third kappa shape index (κ3) is 2.67. The predicted molar refractivity (Wildman–Crippen MR) is 107 cm³/mol. The number of carbonyl (C=O) groups excluding carboxylic acids is 3. The number of fused-ring (bicyclic) bond motifs is 4.